The van der Waals surface area contributed by atoms with Crippen LogP contribution in [0.25, 0.3) is 10.2 Å². The van der Waals surface area contributed by atoms with E-state index in [0.29, 0.717) is 5.69 Å². The number of ether oxygens (including phenoxy) is 1. The number of hydrogen-bond donors (Lipinski definition) is 2. The first-order valence-electron chi connectivity index (χ1n) is 5.66. The lowest BCUT2D eigenvalue weighted by Gasteiger charge is -2.11. The number of nitrogen functional groups attached to an aromatic ring is 1. The fourth-order valence-corrected chi connectivity index (χ4v) is 2.62. The molecular weight excluding hydrogens is 260 g/mol. The van der Waals surface area contributed by atoms with Crippen LogP contribution in [0, 0.1) is 0 Å². The monoisotopic (exact) mass is 272 g/mol. The summed E-state index contributed by atoms with van der Waals surface area (Å²) in [5.41, 5.74) is 8.18. The normalized spacial score (nSPS) is 10.6. The van der Waals surface area contributed by atoms with E-state index in [9.17, 15) is 0 Å². The molecule has 0 aliphatic heterocycles. The van der Waals surface area contributed by atoms with Crippen molar-refractivity contribution in [1.82, 2.24) is 9.97 Å². The van der Waals surface area contributed by atoms with E-state index in [2.05, 4.69) is 15.3 Å². The predicted molar refractivity (Wildman–Crippen MR) is 78.1 cm³/mol. The summed E-state index contributed by atoms with van der Waals surface area (Å²) in [6.07, 6.45) is 1.54. The van der Waals surface area contributed by atoms with Gasteiger partial charge in [-0.25, -0.2) is 9.97 Å². The van der Waals surface area contributed by atoms with E-state index in [1.165, 1.54) is 6.33 Å². The third-order valence-electron chi connectivity index (χ3n) is 2.72. The maximum atomic E-state index is 5.80. The minimum absolute atomic E-state index is 0.666. The van der Waals surface area contributed by atoms with Crippen LogP contribution in [0.15, 0.2) is 36.0 Å². The van der Waals surface area contributed by atoms with Crippen LogP contribution in [-0.4, -0.2) is 17.1 Å². The molecular formula is C13H12N4OS. The lowest BCUT2D eigenvalue weighted by Crippen LogP contribution is -1.98. The molecule has 0 bridgehead atoms. The second kappa shape index (κ2) is 4.74. The number of hydrogen-bond acceptors (Lipinski definition) is 6. The number of aromatic nitrogens is 2. The molecule has 0 atom stereocenters. The van der Waals surface area contributed by atoms with Crippen molar-refractivity contribution in [3.8, 4) is 5.75 Å². The Hall–Kier alpha value is -2.34. The van der Waals surface area contributed by atoms with Gasteiger partial charge in [0.1, 0.15) is 12.1 Å². The number of methoxy groups -OCH3 is 1. The van der Waals surface area contributed by atoms with Crippen LogP contribution in [0.4, 0.5) is 17.2 Å². The summed E-state index contributed by atoms with van der Waals surface area (Å²) < 4.78 is 6.31. The Labute approximate surface area is 114 Å². The van der Waals surface area contributed by atoms with Crippen molar-refractivity contribution in [3.63, 3.8) is 0 Å². The first-order valence-corrected chi connectivity index (χ1v) is 6.54. The molecule has 0 spiro atoms. The van der Waals surface area contributed by atoms with Crippen molar-refractivity contribution < 1.29 is 4.74 Å². The maximum Gasteiger partial charge on any atom is 0.151 e. The summed E-state index contributed by atoms with van der Waals surface area (Å²) >= 11 is 1.59. The SMILES string of the molecule is COc1ccc(N)cc1Nc1ncnc2ccsc12. The van der Waals surface area contributed by atoms with Gasteiger partial charge in [0.05, 0.1) is 23.0 Å². The number of rotatable bonds is 3. The fourth-order valence-electron chi connectivity index (χ4n) is 1.83. The molecule has 3 aromatic rings. The van der Waals surface area contributed by atoms with E-state index in [4.69, 9.17) is 10.5 Å². The average Bonchev–Trinajstić information content (AvgIpc) is 2.88. The highest BCUT2D eigenvalue weighted by Crippen LogP contribution is 2.32. The molecule has 0 aliphatic carbocycles. The van der Waals surface area contributed by atoms with Crippen LogP contribution < -0.4 is 15.8 Å². The Morgan fingerprint density at radius 2 is 2.16 bits per heavy atom. The van der Waals surface area contributed by atoms with Crippen LogP contribution in [0.1, 0.15) is 0 Å². The van der Waals surface area contributed by atoms with E-state index in [0.717, 1.165) is 27.5 Å². The molecule has 0 fully saturated rings. The molecule has 0 saturated heterocycles. The second-order valence-corrected chi connectivity index (χ2v) is 4.86. The summed E-state index contributed by atoms with van der Waals surface area (Å²) in [6.45, 7) is 0. The summed E-state index contributed by atoms with van der Waals surface area (Å²) in [6, 6.07) is 7.40. The van der Waals surface area contributed by atoms with Crippen molar-refractivity contribution in [3.05, 3.63) is 36.0 Å². The highest BCUT2D eigenvalue weighted by Gasteiger charge is 2.08. The highest BCUT2D eigenvalue weighted by atomic mass is 32.1. The zero-order valence-electron chi connectivity index (χ0n) is 10.3. The van der Waals surface area contributed by atoms with Crippen LogP contribution >= 0.6 is 11.3 Å². The van der Waals surface area contributed by atoms with Crippen LogP contribution in [0.5, 0.6) is 5.75 Å². The van der Waals surface area contributed by atoms with Gasteiger partial charge in [-0.2, -0.15) is 0 Å². The minimum atomic E-state index is 0.666. The first-order chi connectivity index (χ1) is 9.28. The molecule has 0 saturated carbocycles. The number of nitrogens with one attached hydrogen (secondary N) is 1. The molecule has 19 heavy (non-hydrogen) atoms. The van der Waals surface area contributed by atoms with Crippen LogP contribution in [-0.2, 0) is 0 Å². The molecule has 0 radical (unpaired) electrons. The molecule has 2 aromatic heterocycles. The number of fused-ring (bicyclic) bond motifs is 1. The smallest absolute Gasteiger partial charge is 0.151 e. The van der Waals surface area contributed by atoms with E-state index in [-0.39, 0.29) is 0 Å². The Kier molecular flexibility index (Phi) is 2.92. The van der Waals surface area contributed by atoms with Gasteiger partial charge >= 0.3 is 0 Å². The molecule has 0 unspecified atom stereocenters. The number of thiophene rings is 1. The van der Waals surface area contributed by atoms with Gasteiger partial charge < -0.3 is 15.8 Å². The number of anilines is 3. The van der Waals surface area contributed by atoms with E-state index in [1.54, 1.807) is 24.5 Å². The summed E-state index contributed by atoms with van der Waals surface area (Å²) in [5, 5.41) is 5.23. The number of nitrogens with zero attached hydrogens (tertiary/aromatic N) is 2. The lowest BCUT2D eigenvalue weighted by atomic mass is 10.2. The summed E-state index contributed by atoms with van der Waals surface area (Å²) in [4.78, 5) is 8.48. The van der Waals surface area contributed by atoms with Gasteiger partial charge in [0.2, 0.25) is 0 Å². The molecule has 0 amide bonds. The Bertz CT molecular complexity index is 725. The van der Waals surface area contributed by atoms with Gasteiger partial charge in [-0.15, -0.1) is 11.3 Å². The lowest BCUT2D eigenvalue weighted by molar-refractivity contribution is 0.417. The van der Waals surface area contributed by atoms with Gasteiger partial charge in [0.25, 0.3) is 0 Å². The van der Waals surface area contributed by atoms with E-state index in [1.807, 2.05) is 23.6 Å². The van der Waals surface area contributed by atoms with E-state index >= 15 is 0 Å². The van der Waals surface area contributed by atoms with Crippen molar-refractivity contribution in [1.29, 1.82) is 0 Å². The largest absolute Gasteiger partial charge is 0.495 e. The summed E-state index contributed by atoms with van der Waals surface area (Å²) in [7, 11) is 1.62. The molecule has 2 heterocycles. The second-order valence-electron chi connectivity index (χ2n) is 3.94. The van der Waals surface area contributed by atoms with Crippen molar-refractivity contribution in [2.75, 3.05) is 18.2 Å². The Morgan fingerprint density at radius 3 is 3.00 bits per heavy atom. The number of nitrogens with two attached hydrogens (primary N) is 1. The quantitative estimate of drug-likeness (QED) is 0.717. The van der Waals surface area contributed by atoms with E-state index < -0.39 is 0 Å². The third-order valence-corrected chi connectivity index (χ3v) is 3.63. The van der Waals surface area contributed by atoms with Gasteiger partial charge in [0, 0.05) is 5.69 Å². The summed E-state index contributed by atoms with van der Waals surface area (Å²) in [5.74, 6) is 1.47. The van der Waals surface area contributed by atoms with Crippen molar-refractivity contribution in [2.45, 2.75) is 0 Å². The van der Waals surface area contributed by atoms with Crippen molar-refractivity contribution >= 4 is 38.7 Å². The highest BCUT2D eigenvalue weighted by molar-refractivity contribution is 7.17. The molecule has 1 aromatic carbocycles. The van der Waals surface area contributed by atoms with Gasteiger partial charge in [-0.3, -0.25) is 0 Å². The molecule has 6 heteroatoms. The standard InChI is InChI=1S/C13H12N4OS/c1-18-11-3-2-8(14)6-10(11)17-13-12-9(4-5-19-12)15-7-16-13/h2-7H,14H2,1H3,(H,15,16,17). The molecule has 5 nitrogen and oxygen atoms in total. The Balaban J connectivity index is 2.05. The minimum Gasteiger partial charge on any atom is -0.495 e. The molecule has 3 rings (SSSR count). The van der Waals surface area contributed by atoms with Crippen LogP contribution in [0.3, 0.4) is 0 Å². The van der Waals surface area contributed by atoms with Crippen molar-refractivity contribution in [2.24, 2.45) is 0 Å². The van der Waals surface area contributed by atoms with Crippen LogP contribution in [0.2, 0.25) is 0 Å². The molecule has 96 valence electrons. The maximum absolute atomic E-state index is 5.80. The topological polar surface area (TPSA) is 73.1 Å². The molecule has 3 N–H and O–H groups in total. The molecule has 0 aliphatic rings. The first kappa shape index (κ1) is 11.7. The van der Waals surface area contributed by atoms with Gasteiger partial charge in [0.15, 0.2) is 5.82 Å². The zero-order chi connectivity index (χ0) is 13.2. The number of benzene rings is 1. The third kappa shape index (κ3) is 2.17. The van der Waals surface area contributed by atoms with Gasteiger partial charge in [-0.05, 0) is 29.6 Å². The fraction of sp³-hybridized carbons (Fsp3) is 0.0769. The Morgan fingerprint density at radius 1 is 1.26 bits per heavy atom. The van der Waals surface area contributed by atoms with Gasteiger partial charge in [-0.1, -0.05) is 0 Å². The zero-order valence-corrected chi connectivity index (χ0v) is 11.1. The average molecular weight is 272 g/mol. The predicted octanol–water partition coefficient (Wildman–Crippen LogP) is 3.03.